The highest BCUT2D eigenvalue weighted by Gasteiger charge is 2.27. The van der Waals surface area contributed by atoms with Crippen LogP contribution in [-0.4, -0.2) is 34.1 Å². The van der Waals surface area contributed by atoms with Gasteiger partial charge in [-0.3, -0.25) is 14.5 Å². The molecule has 0 aliphatic rings. The smallest absolute Gasteiger partial charge is 0.238 e. The van der Waals surface area contributed by atoms with Gasteiger partial charge in [-0.25, -0.2) is 4.98 Å². The normalized spacial score (nSPS) is 12.8. The Bertz CT molecular complexity index is 2000. The number of para-hydroxylation sites is 1. The Morgan fingerprint density at radius 2 is 1.07 bits per heavy atom. The van der Waals surface area contributed by atoms with Crippen LogP contribution in [-0.2, 0) is 10.8 Å². The second kappa shape index (κ2) is 8.42. The van der Waals surface area contributed by atoms with Gasteiger partial charge in [0, 0.05) is 39.7 Å². The van der Waals surface area contributed by atoms with E-state index in [0.717, 1.165) is 61.2 Å². The van der Waals surface area contributed by atoms with Crippen molar-refractivity contribution in [1.82, 2.24) is 34.1 Å². The summed E-state index contributed by atoms with van der Waals surface area (Å²) in [5.41, 5.74) is 6.65. The fourth-order valence-electron chi connectivity index (χ4n) is 5.37. The van der Waals surface area contributed by atoms with Gasteiger partial charge in [0.2, 0.25) is 5.95 Å². The molecule has 0 aliphatic carbocycles. The average molecular weight is 526 g/mol. The van der Waals surface area contributed by atoms with Crippen molar-refractivity contribution in [3.8, 4) is 11.6 Å². The van der Waals surface area contributed by atoms with E-state index >= 15 is 0 Å². The van der Waals surface area contributed by atoms with Crippen LogP contribution < -0.4 is 0 Å². The van der Waals surface area contributed by atoms with Crippen LogP contribution in [0, 0.1) is 0 Å². The average Bonchev–Trinajstić information content (AvgIpc) is 3.44. The summed E-state index contributed by atoms with van der Waals surface area (Å²) < 4.78 is 4.41. The van der Waals surface area contributed by atoms with Crippen molar-refractivity contribution in [2.45, 2.75) is 52.4 Å². The number of pyridine rings is 2. The first-order chi connectivity index (χ1) is 19.1. The zero-order valence-electron chi connectivity index (χ0n) is 23.6. The molecule has 0 saturated heterocycles. The Labute approximate surface area is 232 Å². The Kier molecular flexibility index (Phi) is 5.14. The van der Waals surface area contributed by atoms with Gasteiger partial charge >= 0.3 is 0 Å². The van der Waals surface area contributed by atoms with Gasteiger partial charge in [-0.1, -0.05) is 59.7 Å². The molecule has 0 amide bonds. The SMILES string of the molecule is CC(C)(C)c1nc(-n2c3ccc(-n4c5ccccc5c5ncccc54)cc3c3ncccc32)nc(C(C)(C)C)n1. The molecule has 7 heteroatoms. The van der Waals surface area contributed by atoms with Crippen molar-refractivity contribution in [3.05, 3.63) is 90.8 Å². The summed E-state index contributed by atoms with van der Waals surface area (Å²) in [4.78, 5) is 24.5. The van der Waals surface area contributed by atoms with Crippen molar-refractivity contribution in [3.63, 3.8) is 0 Å². The Morgan fingerprint density at radius 1 is 0.525 bits per heavy atom. The maximum Gasteiger partial charge on any atom is 0.238 e. The van der Waals surface area contributed by atoms with Crippen molar-refractivity contribution in [2.24, 2.45) is 0 Å². The lowest BCUT2D eigenvalue weighted by Crippen LogP contribution is -2.25. The number of nitrogens with zero attached hydrogens (tertiary/aromatic N) is 7. The molecule has 7 aromatic rings. The van der Waals surface area contributed by atoms with E-state index < -0.39 is 0 Å². The molecular formula is C33H31N7. The molecule has 198 valence electrons. The zero-order valence-corrected chi connectivity index (χ0v) is 23.6. The molecule has 5 heterocycles. The summed E-state index contributed by atoms with van der Waals surface area (Å²) in [7, 11) is 0. The molecular weight excluding hydrogens is 494 g/mol. The third kappa shape index (κ3) is 3.68. The zero-order chi connectivity index (χ0) is 27.8. The number of benzene rings is 2. The van der Waals surface area contributed by atoms with E-state index in [9.17, 15) is 0 Å². The Morgan fingerprint density at radius 3 is 1.73 bits per heavy atom. The molecule has 0 spiro atoms. The fraction of sp³-hybridized carbons (Fsp3) is 0.242. The molecule has 2 aromatic carbocycles. The molecule has 0 saturated carbocycles. The van der Waals surface area contributed by atoms with Crippen molar-refractivity contribution in [2.75, 3.05) is 0 Å². The maximum absolute atomic E-state index is 5.01. The summed E-state index contributed by atoms with van der Waals surface area (Å²) in [5, 5.41) is 2.17. The highest BCUT2D eigenvalue weighted by molar-refractivity contribution is 6.09. The lowest BCUT2D eigenvalue weighted by atomic mass is 9.93. The third-order valence-corrected chi connectivity index (χ3v) is 7.35. The van der Waals surface area contributed by atoms with Crippen LogP contribution in [0.25, 0.3) is 55.5 Å². The molecule has 7 nitrogen and oxygen atoms in total. The molecule has 0 fully saturated rings. The van der Waals surface area contributed by atoms with Crippen LogP contribution in [0.15, 0.2) is 79.1 Å². The Balaban J connectivity index is 1.54. The summed E-state index contributed by atoms with van der Waals surface area (Å²) in [5.74, 6) is 2.16. The predicted octanol–water partition coefficient (Wildman–Crippen LogP) is 7.45. The van der Waals surface area contributed by atoms with E-state index in [0.29, 0.717) is 5.95 Å². The van der Waals surface area contributed by atoms with E-state index in [1.807, 2.05) is 24.5 Å². The number of hydrogen-bond donors (Lipinski definition) is 0. The van der Waals surface area contributed by atoms with Crippen LogP contribution in [0.2, 0.25) is 0 Å². The van der Waals surface area contributed by atoms with Gasteiger partial charge in [0.15, 0.2) is 0 Å². The first-order valence-corrected chi connectivity index (χ1v) is 13.6. The van der Waals surface area contributed by atoms with Gasteiger partial charge in [-0.15, -0.1) is 0 Å². The monoisotopic (exact) mass is 525 g/mol. The minimum absolute atomic E-state index is 0.230. The Hall–Kier alpha value is -4.65. The van der Waals surface area contributed by atoms with E-state index in [1.165, 1.54) is 0 Å². The largest absolute Gasteiger partial charge is 0.308 e. The minimum atomic E-state index is -0.230. The highest BCUT2D eigenvalue weighted by Crippen LogP contribution is 2.35. The van der Waals surface area contributed by atoms with Gasteiger partial charge in [0.05, 0.1) is 33.1 Å². The molecule has 0 radical (unpaired) electrons. The van der Waals surface area contributed by atoms with Crippen LogP contribution in [0.5, 0.6) is 0 Å². The molecule has 0 atom stereocenters. The van der Waals surface area contributed by atoms with Crippen LogP contribution in [0.4, 0.5) is 0 Å². The van der Waals surface area contributed by atoms with Gasteiger partial charge in [-0.2, -0.15) is 9.97 Å². The van der Waals surface area contributed by atoms with Crippen LogP contribution in [0.1, 0.15) is 53.2 Å². The fourth-order valence-corrected chi connectivity index (χ4v) is 5.37. The van der Waals surface area contributed by atoms with E-state index in [4.69, 9.17) is 24.9 Å². The standard InChI is InChI=1S/C33H31N7/c1-32(2,3)29-36-30(33(4,5)6)38-31(37-29)40-24-16-15-20(19-22(24)28-26(40)14-10-18-35-28)39-23-12-8-7-11-21(23)27-25(39)13-9-17-34-27/h7-19H,1-6H3. The molecule has 0 N–H and O–H groups in total. The predicted molar refractivity (Wildman–Crippen MR) is 161 cm³/mol. The van der Waals surface area contributed by atoms with Gasteiger partial charge < -0.3 is 4.57 Å². The second-order valence-corrected chi connectivity index (χ2v) is 12.4. The van der Waals surface area contributed by atoms with Gasteiger partial charge in [-0.05, 0) is 48.5 Å². The molecule has 7 rings (SSSR count). The number of aromatic nitrogens is 7. The quantitative estimate of drug-likeness (QED) is 0.234. The van der Waals surface area contributed by atoms with Crippen molar-refractivity contribution >= 4 is 43.9 Å². The van der Waals surface area contributed by atoms with Crippen molar-refractivity contribution < 1.29 is 0 Å². The van der Waals surface area contributed by atoms with E-state index in [2.05, 4.69) is 105 Å². The van der Waals surface area contributed by atoms with Crippen LogP contribution in [0.3, 0.4) is 0 Å². The van der Waals surface area contributed by atoms with Crippen molar-refractivity contribution in [1.29, 1.82) is 0 Å². The molecule has 5 aromatic heterocycles. The second-order valence-electron chi connectivity index (χ2n) is 12.4. The number of fused-ring (bicyclic) bond motifs is 6. The summed E-state index contributed by atoms with van der Waals surface area (Å²) in [6, 6.07) is 23.1. The maximum atomic E-state index is 5.01. The molecule has 0 unspecified atom stereocenters. The van der Waals surface area contributed by atoms with Gasteiger partial charge in [0.25, 0.3) is 0 Å². The molecule has 0 bridgehead atoms. The molecule has 40 heavy (non-hydrogen) atoms. The highest BCUT2D eigenvalue weighted by atomic mass is 15.2. The van der Waals surface area contributed by atoms with E-state index in [-0.39, 0.29) is 10.8 Å². The van der Waals surface area contributed by atoms with Gasteiger partial charge in [0.1, 0.15) is 11.6 Å². The van der Waals surface area contributed by atoms with E-state index in [1.54, 1.807) is 0 Å². The third-order valence-electron chi connectivity index (χ3n) is 7.35. The lowest BCUT2D eigenvalue weighted by Gasteiger charge is -2.23. The first-order valence-electron chi connectivity index (χ1n) is 13.6. The minimum Gasteiger partial charge on any atom is -0.308 e. The first kappa shape index (κ1) is 24.4. The number of hydrogen-bond acceptors (Lipinski definition) is 5. The lowest BCUT2D eigenvalue weighted by molar-refractivity contribution is 0.493. The number of rotatable bonds is 2. The molecule has 0 aliphatic heterocycles. The van der Waals surface area contributed by atoms with Crippen LogP contribution >= 0.6 is 0 Å². The summed E-state index contributed by atoms with van der Waals surface area (Å²) >= 11 is 0. The summed E-state index contributed by atoms with van der Waals surface area (Å²) in [6.07, 6.45) is 3.70. The summed E-state index contributed by atoms with van der Waals surface area (Å²) in [6.45, 7) is 12.8. The topological polar surface area (TPSA) is 74.3 Å².